The number of aliphatic carboxylic acids is 1. The fraction of sp³-hybridized carbons (Fsp3) is 0.100. The molecule has 12 heavy (non-hydrogen) atoms. The van der Waals surface area contributed by atoms with Crippen LogP contribution in [-0.4, -0.2) is 11.1 Å². The van der Waals surface area contributed by atoms with E-state index in [0.29, 0.717) is 5.56 Å². The van der Waals surface area contributed by atoms with Crippen LogP contribution >= 0.6 is 0 Å². The zero-order chi connectivity index (χ0) is 8.72. The van der Waals surface area contributed by atoms with Crippen LogP contribution in [0.3, 0.4) is 0 Å². The Bertz CT molecular complexity index is 399. The van der Waals surface area contributed by atoms with Gasteiger partial charge >= 0.3 is 5.97 Å². The van der Waals surface area contributed by atoms with E-state index in [1.807, 2.05) is 0 Å². The summed E-state index contributed by atoms with van der Waals surface area (Å²) in [6, 6.07) is 5.35. The van der Waals surface area contributed by atoms with Gasteiger partial charge in [0, 0.05) is 5.56 Å². The fourth-order valence-electron chi connectivity index (χ4n) is 1.46. The number of carboxylic acids is 1. The summed E-state index contributed by atoms with van der Waals surface area (Å²) in [5.74, 6) is 1.22. The molecule has 0 heterocycles. The van der Waals surface area contributed by atoms with Crippen molar-refractivity contribution in [2.24, 2.45) is 0 Å². The zero-order valence-corrected chi connectivity index (χ0v) is 6.24. The summed E-state index contributed by atoms with van der Waals surface area (Å²) in [7, 11) is 0. The van der Waals surface area contributed by atoms with Crippen molar-refractivity contribution < 1.29 is 9.90 Å². The van der Waals surface area contributed by atoms with Crippen LogP contribution in [0.1, 0.15) is 22.6 Å². The van der Waals surface area contributed by atoms with Crippen LogP contribution in [0.15, 0.2) is 18.2 Å². The molecule has 0 radical (unpaired) electrons. The molecule has 1 N–H and O–H groups in total. The minimum Gasteiger partial charge on any atom is -0.481 e. The summed E-state index contributed by atoms with van der Waals surface area (Å²) < 4.78 is 0. The Kier molecular flexibility index (Phi) is 1.22. The first-order valence-corrected chi connectivity index (χ1v) is 3.58. The molecule has 58 valence electrons. The molecule has 0 fully saturated rings. The van der Waals surface area contributed by atoms with Crippen molar-refractivity contribution in [3.63, 3.8) is 0 Å². The lowest BCUT2D eigenvalue weighted by molar-refractivity contribution is -0.136. The highest BCUT2D eigenvalue weighted by atomic mass is 16.4. The predicted molar refractivity (Wildman–Crippen MR) is 43.9 cm³/mol. The first kappa shape index (κ1) is 6.93. The van der Waals surface area contributed by atoms with Crippen LogP contribution in [0, 0.1) is 12.3 Å². The minimum absolute atomic E-state index is 0.439. The number of carbonyl (C=O) groups is 1. The third-order valence-corrected chi connectivity index (χ3v) is 2.06. The van der Waals surface area contributed by atoms with Crippen LogP contribution in [0.25, 0.3) is 0 Å². The number of terminal acetylenes is 1. The quantitative estimate of drug-likeness (QED) is 0.623. The molecule has 0 saturated carbocycles. The van der Waals surface area contributed by atoms with Crippen molar-refractivity contribution in [1.29, 1.82) is 0 Å². The Morgan fingerprint density at radius 1 is 1.58 bits per heavy atom. The SMILES string of the molecule is C#Cc1cccc2c1C2C(=O)O. The summed E-state index contributed by atoms with van der Waals surface area (Å²) in [5.41, 5.74) is 2.38. The van der Waals surface area contributed by atoms with E-state index < -0.39 is 11.9 Å². The van der Waals surface area contributed by atoms with E-state index in [1.165, 1.54) is 0 Å². The molecule has 2 nitrogen and oxygen atoms in total. The molecule has 1 aliphatic rings. The molecule has 1 unspecified atom stereocenters. The van der Waals surface area contributed by atoms with E-state index in [4.69, 9.17) is 11.5 Å². The summed E-state index contributed by atoms with van der Waals surface area (Å²) in [6.45, 7) is 0. The number of fused-ring (bicyclic) bond motifs is 1. The summed E-state index contributed by atoms with van der Waals surface area (Å²) in [4.78, 5) is 10.6. The van der Waals surface area contributed by atoms with Crippen LogP contribution in [0.2, 0.25) is 0 Å². The number of hydrogen-bond acceptors (Lipinski definition) is 1. The second-order valence-electron chi connectivity index (χ2n) is 2.72. The zero-order valence-electron chi connectivity index (χ0n) is 6.24. The first-order valence-electron chi connectivity index (χ1n) is 3.58. The van der Waals surface area contributed by atoms with E-state index in [2.05, 4.69) is 5.92 Å². The Hall–Kier alpha value is -1.75. The summed E-state index contributed by atoms with van der Waals surface area (Å²) in [6.07, 6.45) is 5.20. The van der Waals surface area contributed by atoms with E-state index in [-0.39, 0.29) is 0 Å². The molecule has 0 spiro atoms. The molecule has 0 amide bonds. The third kappa shape index (κ3) is 0.737. The third-order valence-electron chi connectivity index (χ3n) is 2.06. The standard InChI is InChI=1S/C10H6O2/c1-2-6-4-3-5-7-8(6)9(7)10(11)12/h1,3-5,9H,(H,11,12). The molecule has 0 aliphatic heterocycles. The predicted octanol–water partition coefficient (Wildman–Crippen LogP) is 1.20. The number of carboxylic acid groups (broad SMARTS) is 1. The number of hydrogen-bond donors (Lipinski definition) is 1. The van der Waals surface area contributed by atoms with Gasteiger partial charge in [-0.3, -0.25) is 4.79 Å². The average Bonchev–Trinajstić information content (AvgIpc) is 2.77. The van der Waals surface area contributed by atoms with Gasteiger partial charge in [-0.2, -0.15) is 0 Å². The highest BCUT2D eigenvalue weighted by Crippen LogP contribution is 2.45. The Morgan fingerprint density at radius 2 is 2.33 bits per heavy atom. The highest BCUT2D eigenvalue weighted by Gasteiger charge is 2.40. The molecule has 1 aromatic carbocycles. The van der Waals surface area contributed by atoms with Crippen molar-refractivity contribution in [3.05, 3.63) is 34.9 Å². The van der Waals surface area contributed by atoms with Crippen molar-refractivity contribution in [2.45, 2.75) is 5.92 Å². The summed E-state index contributed by atoms with van der Waals surface area (Å²) in [5, 5.41) is 8.73. The second kappa shape index (κ2) is 2.12. The Balaban J connectivity index is 2.49. The first-order chi connectivity index (χ1) is 5.75. The smallest absolute Gasteiger partial charge is 0.315 e. The largest absolute Gasteiger partial charge is 0.481 e. The number of benzene rings is 1. The van der Waals surface area contributed by atoms with Crippen LogP contribution < -0.4 is 0 Å². The maximum atomic E-state index is 10.6. The van der Waals surface area contributed by atoms with Crippen LogP contribution in [0.5, 0.6) is 0 Å². The van der Waals surface area contributed by atoms with Crippen molar-refractivity contribution in [3.8, 4) is 12.3 Å². The molecule has 2 rings (SSSR count). The van der Waals surface area contributed by atoms with Gasteiger partial charge in [-0.05, 0) is 17.2 Å². The molecule has 0 aromatic heterocycles. The maximum absolute atomic E-state index is 10.6. The van der Waals surface area contributed by atoms with Crippen molar-refractivity contribution in [2.75, 3.05) is 0 Å². The fourth-order valence-corrected chi connectivity index (χ4v) is 1.46. The molecule has 0 bridgehead atoms. The topological polar surface area (TPSA) is 37.3 Å². The van der Waals surface area contributed by atoms with Gasteiger partial charge in [-0.25, -0.2) is 0 Å². The molecule has 0 saturated heterocycles. The van der Waals surface area contributed by atoms with Gasteiger partial charge in [-0.15, -0.1) is 6.42 Å². The van der Waals surface area contributed by atoms with E-state index in [9.17, 15) is 4.79 Å². The van der Waals surface area contributed by atoms with Gasteiger partial charge < -0.3 is 5.11 Å². The Labute approximate surface area is 69.8 Å². The second-order valence-corrected chi connectivity index (χ2v) is 2.72. The lowest BCUT2D eigenvalue weighted by atomic mass is 10.2. The van der Waals surface area contributed by atoms with E-state index >= 15 is 0 Å². The number of rotatable bonds is 1. The van der Waals surface area contributed by atoms with Gasteiger partial charge in [-0.1, -0.05) is 18.1 Å². The highest BCUT2D eigenvalue weighted by molar-refractivity contribution is 5.90. The molecular weight excluding hydrogens is 152 g/mol. The molecule has 1 atom stereocenters. The molecule has 1 aromatic rings. The average molecular weight is 158 g/mol. The van der Waals surface area contributed by atoms with E-state index in [1.54, 1.807) is 18.2 Å². The van der Waals surface area contributed by atoms with Gasteiger partial charge in [0.2, 0.25) is 0 Å². The molecular formula is C10H6O2. The normalized spacial score (nSPS) is 17.8. The lowest BCUT2D eigenvalue weighted by Gasteiger charge is -1.85. The van der Waals surface area contributed by atoms with Gasteiger partial charge in [0.15, 0.2) is 0 Å². The van der Waals surface area contributed by atoms with Crippen LogP contribution in [0.4, 0.5) is 0 Å². The summed E-state index contributed by atoms with van der Waals surface area (Å²) >= 11 is 0. The van der Waals surface area contributed by atoms with Crippen LogP contribution in [-0.2, 0) is 4.79 Å². The lowest BCUT2D eigenvalue weighted by Crippen LogP contribution is -1.95. The van der Waals surface area contributed by atoms with Crippen molar-refractivity contribution >= 4 is 5.97 Å². The van der Waals surface area contributed by atoms with Crippen molar-refractivity contribution in [1.82, 2.24) is 0 Å². The van der Waals surface area contributed by atoms with E-state index in [0.717, 1.165) is 11.1 Å². The maximum Gasteiger partial charge on any atom is 0.315 e. The monoisotopic (exact) mass is 158 g/mol. The molecule has 1 aliphatic carbocycles. The minimum atomic E-state index is -0.812. The van der Waals surface area contributed by atoms with Gasteiger partial charge in [0.25, 0.3) is 0 Å². The Morgan fingerprint density at radius 3 is 2.92 bits per heavy atom. The van der Waals surface area contributed by atoms with Gasteiger partial charge in [0.1, 0.15) is 5.92 Å². The molecule has 2 heteroatoms. The van der Waals surface area contributed by atoms with Gasteiger partial charge in [0.05, 0.1) is 0 Å².